The molecule has 0 aliphatic rings. The smallest absolute Gasteiger partial charge is 0.238 e. The molecular weight excluding hydrogens is 240 g/mol. The van der Waals surface area contributed by atoms with Crippen molar-refractivity contribution in [3.63, 3.8) is 0 Å². The van der Waals surface area contributed by atoms with Crippen LogP contribution in [0.1, 0.15) is 5.56 Å². The summed E-state index contributed by atoms with van der Waals surface area (Å²) in [5, 5.41) is 14.7. The van der Waals surface area contributed by atoms with Crippen LogP contribution in [-0.2, 0) is 16.6 Å². The van der Waals surface area contributed by atoms with Crippen LogP contribution in [0.3, 0.4) is 0 Å². The highest BCUT2D eigenvalue weighted by molar-refractivity contribution is 7.89. The van der Waals surface area contributed by atoms with Gasteiger partial charge >= 0.3 is 0 Å². The summed E-state index contributed by atoms with van der Waals surface area (Å²) in [5.74, 6) is 0. The average molecular weight is 252 g/mol. The normalized spacial score (nSPS) is 11.4. The zero-order valence-electron chi connectivity index (χ0n) is 8.92. The van der Waals surface area contributed by atoms with Gasteiger partial charge in [-0.3, -0.25) is 5.10 Å². The third-order valence-corrected chi connectivity index (χ3v) is 3.16. The molecule has 2 aromatic rings. The Balaban J connectivity index is 2.04. The van der Waals surface area contributed by atoms with Crippen molar-refractivity contribution in [2.75, 3.05) is 5.32 Å². The Morgan fingerprint density at radius 1 is 1.29 bits per heavy atom. The van der Waals surface area contributed by atoms with Crippen molar-refractivity contribution in [3.05, 3.63) is 42.2 Å². The Morgan fingerprint density at radius 2 is 2.00 bits per heavy atom. The molecule has 0 radical (unpaired) electrons. The van der Waals surface area contributed by atoms with Crippen molar-refractivity contribution in [3.8, 4) is 0 Å². The third-order valence-electron chi connectivity index (χ3n) is 2.23. The molecule has 17 heavy (non-hydrogen) atoms. The second kappa shape index (κ2) is 4.56. The molecule has 4 N–H and O–H groups in total. The van der Waals surface area contributed by atoms with E-state index in [1.54, 1.807) is 24.5 Å². The minimum Gasteiger partial charge on any atom is -0.381 e. The Bertz CT molecular complexity index is 575. The van der Waals surface area contributed by atoms with Gasteiger partial charge in [-0.2, -0.15) is 5.10 Å². The van der Waals surface area contributed by atoms with Crippen LogP contribution in [0.4, 0.5) is 5.69 Å². The molecule has 0 spiro atoms. The monoisotopic (exact) mass is 252 g/mol. The number of nitrogens with zero attached hydrogens (tertiary/aromatic N) is 1. The number of hydrogen-bond acceptors (Lipinski definition) is 4. The van der Waals surface area contributed by atoms with Crippen LogP contribution < -0.4 is 10.5 Å². The molecule has 0 bridgehead atoms. The highest BCUT2D eigenvalue weighted by Gasteiger charge is 2.06. The Labute approximate surface area is 98.9 Å². The number of aromatic nitrogens is 2. The molecule has 1 aromatic heterocycles. The topological polar surface area (TPSA) is 101 Å². The van der Waals surface area contributed by atoms with E-state index in [4.69, 9.17) is 5.14 Å². The number of hydrogen-bond donors (Lipinski definition) is 3. The maximum Gasteiger partial charge on any atom is 0.238 e. The lowest BCUT2D eigenvalue weighted by Crippen LogP contribution is -2.11. The van der Waals surface area contributed by atoms with Crippen molar-refractivity contribution < 1.29 is 8.42 Å². The van der Waals surface area contributed by atoms with Gasteiger partial charge in [0.25, 0.3) is 0 Å². The summed E-state index contributed by atoms with van der Waals surface area (Å²) in [6.07, 6.45) is 3.50. The third kappa shape index (κ3) is 3.05. The first-order valence-electron chi connectivity index (χ1n) is 4.90. The summed E-state index contributed by atoms with van der Waals surface area (Å²) in [5.41, 5.74) is 1.83. The molecule has 0 atom stereocenters. The minimum atomic E-state index is -3.62. The van der Waals surface area contributed by atoms with E-state index in [-0.39, 0.29) is 4.90 Å². The van der Waals surface area contributed by atoms with Gasteiger partial charge < -0.3 is 5.32 Å². The van der Waals surface area contributed by atoms with E-state index in [1.807, 2.05) is 0 Å². The molecule has 6 nitrogen and oxygen atoms in total. The predicted molar refractivity (Wildman–Crippen MR) is 63.7 cm³/mol. The van der Waals surface area contributed by atoms with Gasteiger partial charge in [-0.05, 0) is 24.3 Å². The van der Waals surface area contributed by atoms with Crippen LogP contribution in [0, 0.1) is 0 Å². The van der Waals surface area contributed by atoms with E-state index >= 15 is 0 Å². The maximum absolute atomic E-state index is 11.0. The van der Waals surface area contributed by atoms with Gasteiger partial charge in [0, 0.05) is 24.0 Å². The van der Waals surface area contributed by atoms with Crippen LogP contribution in [0.2, 0.25) is 0 Å². The summed E-state index contributed by atoms with van der Waals surface area (Å²) in [4.78, 5) is 0.103. The summed E-state index contributed by atoms with van der Waals surface area (Å²) in [7, 11) is -3.62. The number of H-pyrrole nitrogens is 1. The lowest BCUT2D eigenvalue weighted by Gasteiger charge is -2.05. The summed E-state index contributed by atoms with van der Waals surface area (Å²) in [6.45, 7) is 0.616. The quantitative estimate of drug-likeness (QED) is 0.744. The maximum atomic E-state index is 11.0. The first-order valence-corrected chi connectivity index (χ1v) is 6.45. The Morgan fingerprint density at radius 3 is 2.53 bits per heavy atom. The molecular formula is C10H12N4O2S. The SMILES string of the molecule is NS(=O)(=O)c1ccc(NCc2cn[nH]c2)cc1. The van der Waals surface area contributed by atoms with E-state index in [2.05, 4.69) is 15.5 Å². The van der Waals surface area contributed by atoms with E-state index in [0.717, 1.165) is 11.3 Å². The number of benzene rings is 1. The number of aromatic amines is 1. The zero-order valence-corrected chi connectivity index (χ0v) is 9.74. The van der Waals surface area contributed by atoms with Crippen molar-refractivity contribution in [1.29, 1.82) is 0 Å². The van der Waals surface area contributed by atoms with Crippen molar-refractivity contribution in [2.24, 2.45) is 5.14 Å². The van der Waals surface area contributed by atoms with Crippen LogP contribution in [-0.4, -0.2) is 18.6 Å². The second-order valence-corrected chi connectivity index (χ2v) is 5.09. The molecule has 90 valence electrons. The van der Waals surface area contributed by atoms with E-state index in [9.17, 15) is 8.42 Å². The first-order chi connectivity index (χ1) is 8.05. The summed E-state index contributed by atoms with van der Waals surface area (Å²) >= 11 is 0. The number of nitrogens with two attached hydrogens (primary N) is 1. The minimum absolute atomic E-state index is 0.103. The molecule has 1 heterocycles. The molecule has 2 rings (SSSR count). The lowest BCUT2D eigenvalue weighted by molar-refractivity contribution is 0.598. The number of nitrogens with one attached hydrogen (secondary N) is 2. The summed E-state index contributed by atoms with van der Waals surface area (Å²) in [6, 6.07) is 6.26. The highest BCUT2D eigenvalue weighted by atomic mass is 32.2. The number of anilines is 1. The fourth-order valence-corrected chi connectivity index (χ4v) is 1.86. The van der Waals surface area contributed by atoms with Crippen molar-refractivity contribution in [1.82, 2.24) is 10.2 Å². The fraction of sp³-hybridized carbons (Fsp3) is 0.100. The van der Waals surface area contributed by atoms with Gasteiger partial charge in [-0.25, -0.2) is 13.6 Å². The molecule has 0 aliphatic carbocycles. The van der Waals surface area contributed by atoms with Gasteiger partial charge in [0.2, 0.25) is 10.0 Å². The van der Waals surface area contributed by atoms with Crippen LogP contribution >= 0.6 is 0 Å². The van der Waals surface area contributed by atoms with Gasteiger partial charge in [0.05, 0.1) is 11.1 Å². The highest BCUT2D eigenvalue weighted by Crippen LogP contribution is 2.13. The van der Waals surface area contributed by atoms with Gasteiger partial charge in [-0.1, -0.05) is 0 Å². The lowest BCUT2D eigenvalue weighted by atomic mass is 10.3. The molecule has 1 aromatic carbocycles. The first kappa shape index (κ1) is 11.6. The standard InChI is InChI=1S/C10H12N4O2S/c11-17(15,16)10-3-1-9(2-4-10)12-5-8-6-13-14-7-8/h1-4,6-7,12H,5H2,(H,13,14)(H2,11,15,16). The Hall–Kier alpha value is -1.86. The number of primary sulfonamides is 1. The van der Waals surface area contributed by atoms with Crippen LogP contribution in [0.15, 0.2) is 41.6 Å². The molecule has 0 amide bonds. The molecule has 0 saturated heterocycles. The average Bonchev–Trinajstić information content (AvgIpc) is 2.78. The fourth-order valence-electron chi connectivity index (χ4n) is 1.34. The molecule has 0 fully saturated rings. The van der Waals surface area contributed by atoms with Gasteiger partial charge in [0.15, 0.2) is 0 Å². The number of rotatable bonds is 4. The Kier molecular flexibility index (Phi) is 3.12. The van der Waals surface area contributed by atoms with E-state index in [1.165, 1.54) is 12.1 Å². The molecule has 0 unspecified atom stereocenters. The number of sulfonamides is 1. The van der Waals surface area contributed by atoms with Crippen molar-refractivity contribution in [2.45, 2.75) is 11.4 Å². The van der Waals surface area contributed by atoms with Crippen LogP contribution in [0.25, 0.3) is 0 Å². The van der Waals surface area contributed by atoms with Gasteiger partial charge in [0.1, 0.15) is 0 Å². The largest absolute Gasteiger partial charge is 0.381 e. The van der Waals surface area contributed by atoms with Crippen molar-refractivity contribution >= 4 is 15.7 Å². The molecule has 0 saturated carbocycles. The van der Waals surface area contributed by atoms with Crippen LogP contribution in [0.5, 0.6) is 0 Å². The second-order valence-electron chi connectivity index (χ2n) is 3.53. The zero-order chi connectivity index (χ0) is 12.3. The molecule has 0 aliphatic heterocycles. The summed E-state index contributed by atoms with van der Waals surface area (Å²) < 4.78 is 22.1. The van der Waals surface area contributed by atoms with E-state index < -0.39 is 10.0 Å². The molecule has 7 heteroatoms. The predicted octanol–water partition coefficient (Wildman–Crippen LogP) is 0.669. The van der Waals surface area contributed by atoms with E-state index in [0.29, 0.717) is 6.54 Å². The van der Waals surface area contributed by atoms with Gasteiger partial charge in [-0.15, -0.1) is 0 Å².